The lowest BCUT2D eigenvalue weighted by Crippen LogP contribution is -2.40. The maximum Gasteiger partial charge on any atom is 0.243 e. The summed E-state index contributed by atoms with van der Waals surface area (Å²) in [5.41, 5.74) is 4.98. The Kier molecular flexibility index (Phi) is 7.80. The summed E-state index contributed by atoms with van der Waals surface area (Å²) < 4.78 is 32.3. The van der Waals surface area contributed by atoms with Gasteiger partial charge in [0.15, 0.2) is 0 Å². The van der Waals surface area contributed by atoms with Crippen LogP contribution in [0.25, 0.3) is 10.9 Å². The third-order valence-corrected chi connectivity index (χ3v) is 9.28. The molecule has 4 rings (SSSR count). The molecule has 0 radical (unpaired) electrons. The number of thioether (sulfide) groups is 1. The van der Waals surface area contributed by atoms with Gasteiger partial charge < -0.3 is 10.1 Å². The van der Waals surface area contributed by atoms with E-state index in [-0.39, 0.29) is 16.1 Å². The maximum atomic E-state index is 13.0. The lowest BCUT2D eigenvalue weighted by molar-refractivity contribution is -0.115. The number of hydrogen-bond donors (Lipinski definition) is 1. The Bertz CT molecular complexity index is 1330. The minimum atomic E-state index is -3.57. The van der Waals surface area contributed by atoms with Gasteiger partial charge >= 0.3 is 0 Å². The number of hydrogen-bond acceptors (Lipinski definition) is 6. The highest BCUT2D eigenvalue weighted by Gasteiger charge is 2.26. The molecule has 35 heavy (non-hydrogen) atoms. The van der Waals surface area contributed by atoms with E-state index in [1.165, 1.54) is 33.8 Å². The number of anilines is 1. The number of pyridine rings is 1. The highest BCUT2D eigenvalue weighted by atomic mass is 32.2. The summed E-state index contributed by atoms with van der Waals surface area (Å²) in [4.78, 5) is 18.1. The van der Waals surface area contributed by atoms with E-state index in [4.69, 9.17) is 9.72 Å². The molecular weight excluding hydrogens is 482 g/mol. The molecule has 1 saturated heterocycles. The highest BCUT2D eigenvalue weighted by molar-refractivity contribution is 8.00. The molecule has 1 aromatic heterocycles. The van der Waals surface area contributed by atoms with Gasteiger partial charge in [-0.3, -0.25) is 4.79 Å². The fourth-order valence-corrected chi connectivity index (χ4v) is 6.63. The topological polar surface area (TPSA) is 88.6 Å². The average Bonchev–Trinajstić information content (AvgIpc) is 2.84. The molecule has 1 fully saturated rings. The van der Waals surface area contributed by atoms with Gasteiger partial charge in [-0.25, -0.2) is 13.4 Å². The van der Waals surface area contributed by atoms with Crippen LogP contribution in [-0.2, 0) is 19.6 Å². The van der Waals surface area contributed by atoms with Crippen LogP contribution in [0.2, 0.25) is 0 Å². The Morgan fingerprint density at radius 3 is 2.43 bits per heavy atom. The molecule has 7 nitrogen and oxygen atoms in total. The van der Waals surface area contributed by atoms with Crippen molar-refractivity contribution in [3.8, 4) is 0 Å². The minimum absolute atomic E-state index is 0.138. The number of ether oxygens (including phenoxy) is 1. The lowest BCUT2D eigenvalue weighted by Gasteiger charge is -2.26. The van der Waals surface area contributed by atoms with Crippen LogP contribution in [0.5, 0.6) is 0 Å². The van der Waals surface area contributed by atoms with E-state index in [0.29, 0.717) is 38.4 Å². The molecule has 1 atom stereocenters. The molecule has 0 spiro atoms. The second-order valence-electron chi connectivity index (χ2n) is 8.80. The molecule has 2 aromatic carbocycles. The first-order valence-corrected chi connectivity index (χ1v) is 14.0. The van der Waals surface area contributed by atoms with Crippen molar-refractivity contribution in [3.63, 3.8) is 0 Å². The fraction of sp³-hybridized carbons (Fsp3) is 0.385. The zero-order chi connectivity index (χ0) is 25.2. The summed E-state index contributed by atoms with van der Waals surface area (Å²) in [6.45, 7) is 9.66. The van der Waals surface area contributed by atoms with Gasteiger partial charge in [0.1, 0.15) is 0 Å². The maximum absolute atomic E-state index is 13.0. The number of rotatable bonds is 7. The lowest BCUT2D eigenvalue weighted by atomic mass is 10.0. The van der Waals surface area contributed by atoms with E-state index < -0.39 is 10.0 Å². The van der Waals surface area contributed by atoms with Crippen LogP contribution in [0.4, 0.5) is 5.69 Å². The highest BCUT2D eigenvalue weighted by Crippen LogP contribution is 2.31. The predicted octanol–water partition coefficient (Wildman–Crippen LogP) is 4.69. The molecule has 2 heterocycles. The van der Waals surface area contributed by atoms with Crippen LogP contribution in [0.15, 0.2) is 52.4 Å². The van der Waals surface area contributed by atoms with E-state index in [1.54, 1.807) is 12.1 Å². The number of aromatic nitrogens is 1. The number of carbonyl (C=O) groups excluding carboxylic acids is 1. The van der Waals surface area contributed by atoms with E-state index in [1.807, 2.05) is 13.0 Å². The van der Waals surface area contributed by atoms with Crippen LogP contribution >= 0.6 is 11.8 Å². The second kappa shape index (κ2) is 10.7. The van der Waals surface area contributed by atoms with Gasteiger partial charge in [-0.2, -0.15) is 4.31 Å². The van der Waals surface area contributed by atoms with E-state index in [9.17, 15) is 13.2 Å². The summed E-state index contributed by atoms with van der Waals surface area (Å²) in [5.74, 6) is -0.138. The van der Waals surface area contributed by atoms with E-state index in [2.05, 4.69) is 38.2 Å². The fourth-order valence-electron chi connectivity index (χ4n) is 4.21. The van der Waals surface area contributed by atoms with Crippen LogP contribution < -0.4 is 5.32 Å². The molecule has 1 aliphatic rings. The molecule has 0 aliphatic carbocycles. The van der Waals surface area contributed by atoms with Crippen molar-refractivity contribution in [2.45, 2.75) is 49.3 Å². The van der Waals surface area contributed by atoms with Gasteiger partial charge in [0.05, 0.1) is 33.9 Å². The Morgan fingerprint density at radius 2 is 1.77 bits per heavy atom. The number of nitrogens with zero attached hydrogens (tertiary/aromatic N) is 2. The van der Waals surface area contributed by atoms with Gasteiger partial charge in [0.25, 0.3) is 0 Å². The van der Waals surface area contributed by atoms with E-state index >= 15 is 0 Å². The molecule has 0 saturated carbocycles. The Morgan fingerprint density at radius 1 is 1.09 bits per heavy atom. The molecule has 0 bridgehead atoms. The quantitative estimate of drug-likeness (QED) is 0.461. The third kappa shape index (κ3) is 5.69. The van der Waals surface area contributed by atoms with Gasteiger partial charge in [-0.1, -0.05) is 30.3 Å². The summed E-state index contributed by atoms with van der Waals surface area (Å²) in [6, 6.07) is 12.6. The number of fused-ring (bicyclic) bond motifs is 1. The first kappa shape index (κ1) is 25.6. The molecule has 186 valence electrons. The Labute approximate surface area is 211 Å². The normalized spacial score (nSPS) is 15.8. The van der Waals surface area contributed by atoms with Crippen molar-refractivity contribution in [1.82, 2.24) is 9.29 Å². The number of benzene rings is 2. The first-order valence-electron chi connectivity index (χ1n) is 11.7. The van der Waals surface area contributed by atoms with Crippen molar-refractivity contribution in [2.75, 3.05) is 31.6 Å². The molecule has 3 aromatic rings. The van der Waals surface area contributed by atoms with Crippen LogP contribution in [0, 0.1) is 20.8 Å². The summed E-state index contributed by atoms with van der Waals surface area (Å²) in [6.07, 6.45) is 0.631. The zero-order valence-electron chi connectivity index (χ0n) is 20.5. The standard InChI is InChI=1S/C26H31N3O4S2/c1-5-23(34-24-16-18(3)22-15-17(2)14-19(4)25(22)28-24)26(30)27-20-6-8-21(9-7-20)35(31,32)29-10-12-33-13-11-29/h6-9,14-16,23H,5,10-13H2,1-4H3,(H,27,30). The van der Waals surface area contributed by atoms with Gasteiger partial charge in [0, 0.05) is 24.2 Å². The van der Waals surface area contributed by atoms with Crippen LogP contribution in [-0.4, -0.2) is 55.2 Å². The number of aryl methyl sites for hydroxylation is 3. The average molecular weight is 514 g/mol. The first-order chi connectivity index (χ1) is 16.7. The molecule has 1 amide bonds. The third-order valence-electron chi connectivity index (χ3n) is 6.09. The Balaban J connectivity index is 1.47. The molecular formula is C26H31N3O4S2. The summed E-state index contributed by atoms with van der Waals surface area (Å²) >= 11 is 1.45. The van der Waals surface area contributed by atoms with E-state index in [0.717, 1.165) is 27.1 Å². The van der Waals surface area contributed by atoms with Gasteiger partial charge in [-0.15, -0.1) is 0 Å². The second-order valence-corrected chi connectivity index (χ2v) is 12.0. The molecule has 9 heteroatoms. The number of carbonyl (C=O) groups is 1. The number of amides is 1. The minimum Gasteiger partial charge on any atom is -0.379 e. The zero-order valence-corrected chi connectivity index (χ0v) is 22.1. The van der Waals surface area contributed by atoms with Crippen molar-refractivity contribution >= 4 is 44.3 Å². The largest absolute Gasteiger partial charge is 0.379 e. The van der Waals surface area contributed by atoms with Crippen LogP contribution in [0.3, 0.4) is 0 Å². The smallest absolute Gasteiger partial charge is 0.243 e. The Hall–Kier alpha value is -2.46. The monoisotopic (exact) mass is 513 g/mol. The van der Waals surface area contributed by atoms with Gasteiger partial charge in [-0.05, 0) is 74.7 Å². The molecule has 1 aliphatic heterocycles. The predicted molar refractivity (Wildman–Crippen MR) is 141 cm³/mol. The molecule has 1 N–H and O–H groups in total. The van der Waals surface area contributed by atoms with Crippen molar-refractivity contribution in [1.29, 1.82) is 0 Å². The van der Waals surface area contributed by atoms with Crippen molar-refractivity contribution in [3.05, 3.63) is 59.2 Å². The molecule has 1 unspecified atom stereocenters. The number of morpholine rings is 1. The van der Waals surface area contributed by atoms with Crippen molar-refractivity contribution < 1.29 is 17.9 Å². The SMILES string of the molecule is CCC(Sc1cc(C)c2cc(C)cc(C)c2n1)C(=O)Nc1ccc(S(=O)(=O)N2CCOCC2)cc1. The van der Waals surface area contributed by atoms with Gasteiger partial charge in [0.2, 0.25) is 15.9 Å². The summed E-state index contributed by atoms with van der Waals surface area (Å²) in [7, 11) is -3.57. The summed E-state index contributed by atoms with van der Waals surface area (Å²) in [5, 5.41) is 4.55. The number of sulfonamides is 1. The van der Waals surface area contributed by atoms with Crippen molar-refractivity contribution in [2.24, 2.45) is 0 Å². The van der Waals surface area contributed by atoms with Crippen LogP contribution in [0.1, 0.15) is 30.0 Å². The number of nitrogens with one attached hydrogen (secondary N) is 1.